The third-order valence-electron chi connectivity index (χ3n) is 25.6. The number of hydrogen-bond acceptors (Lipinski definition) is 22. The number of H-pyrrole nitrogens is 3. The molecular weight excluding hydrogens is 1810 g/mol. The fourth-order valence-corrected chi connectivity index (χ4v) is 18.4. The predicted octanol–water partition coefficient (Wildman–Crippen LogP) is -0.473. The van der Waals surface area contributed by atoms with Crippen LogP contribution in [0.5, 0.6) is 0 Å². The van der Waals surface area contributed by atoms with Gasteiger partial charge in [0.25, 0.3) is 0 Å². The lowest BCUT2D eigenvalue weighted by molar-refractivity contribution is -0.149. The lowest BCUT2D eigenvalue weighted by atomic mass is 9.86. The number of aromatic nitrogens is 4. The molecule has 3 aromatic carbocycles. The predicted molar refractivity (Wildman–Crippen MR) is 521 cm³/mol. The van der Waals surface area contributed by atoms with Gasteiger partial charge in [0, 0.05) is 124 Å². The molecule has 6 heterocycles. The number of benzene rings is 3. The Bertz CT molecular complexity index is 5280. The molecule has 23 N–H and O–H groups in total. The molecule has 0 aliphatic carbocycles. The first-order chi connectivity index (χ1) is 66.1. The van der Waals surface area contributed by atoms with Crippen molar-refractivity contribution in [3.63, 3.8) is 0 Å². The van der Waals surface area contributed by atoms with Gasteiger partial charge >= 0.3 is 0 Å². The van der Waals surface area contributed by atoms with Crippen LogP contribution in [0.2, 0.25) is 0 Å². The molecule has 3 saturated heterocycles. The second-order valence-corrected chi connectivity index (χ2v) is 38.7. The number of rotatable bonds is 27. The number of nitrogens with one attached hydrogen (secondary N) is 15. The number of carbonyl (C=O) groups excluding carboxylic acids is 16. The van der Waals surface area contributed by atoms with Crippen molar-refractivity contribution in [2.45, 2.75) is 267 Å². The van der Waals surface area contributed by atoms with Crippen molar-refractivity contribution < 1.29 is 86.9 Å². The number of para-hydroxylation sites is 2. The number of guanidine groups is 1. The van der Waals surface area contributed by atoms with Crippen LogP contribution in [-0.4, -0.2) is 318 Å². The number of thioether (sulfide) groups is 1. The number of carbonyl (C=O) groups is 16. The minimum absolute atomic E-state index is 0.00607. The summed E-state index contributed by atoms with van der Waals surface area (Å²) >= 11 is 0.806. The highest BCUT2D eigenvalue weighted by Crippen LogP contribution is 2.29. The maximum Gasteiger partial charge on any atom is 0.246 e. The second kappa shape index (κ2) is 52.1. The van der Waals surface area contributed by atoms with E-state index in [1.54, 1.807) is 42.7 Å². The number of imidazole rings is 1. The smallest absolute Gasteiger partial charge is 0.246 e. The van der Waals surface area contributed by atoms with Crippen molar-refractivity contribution in [1.29, 1.82) is 5.41 Å². The maximum atomic E-state index is 15.8. The molecule has 0 bridgehead atoms. The van der Waals surface area contributed by atoms with E-state index in [1.165, 1.54) is 55.3 Å². The Labute approximate surface area is 813 Å². The summed E-state index contributed by atoms with van der Waals surface area (Å²) in [6, 6.07) is 1.96. The third-order valence-corrected chi connectivity index (χ3v) is 26.6. The Kier molecular flexibility index (Phi) is 41.1. The van der Waals surface area contributed by atoms with Crippen LogP contribution in [-0.2, 0) is 108 Å². The Morgan fingerprint density at radius 1 is 0.583 bits per heavy atom. The highest BCUT2D eigenvalue weighted by Gasteiger charge is 2.46. The number of likely N-dealkylation sites (N-methyl/N-ethyl adjacent to an activating group) is 3. The number of aliphatic hydroxyl groups is 2. The van der Waals surface area contributed by atoms with Crippen LogP contribution < -0.4 is 75.7 Å². The van der Waals surface area contributed by atoms with E-state index in [2.05, 4.69) is 78.4 Å². The molecule has 1 unspecified atom stereocenters. The summed E-state index contributed by atoms with van der Waals surface area (Å²) in [6.45, 7) is 12.5. The number of fused-ring (bicyclic) bond motifs is 4. The van der Waals surface area contributed by atoms with E-state index < -0.39 is 222 Å². The van der Waals surface area contributed by atoms with Crippen molar-refractivity contribution in [3.8, 4) is 0 Å². The average Bonchev–Trinajstić information content (AvgIpc) is 1.70. The second-order valence-electron chi connectivity index (χ2n) is 37.6. The number of nitrogens with two attached hydrogens (primary N) is 3. The third kappa shape index (κ3) is 31.2. The molecule has 42 nitrogen and oxygen atoms in total. The lowest BCUT2D eigenvalue weighted by Gasteiger charge is -2.36. The van der Waals surface area contributed by atoms with Gasteiger partial charge in [-0.1, -0.05) is 135 Å². The molecule has 3 aliphatic heterocycles. The topological polar surface area (TPSA) is 624 Å². The molecule has 16 amide bonds. The van der Waals surface area contributed by atoms with Crippen LogP contribution in [0.3, 0.4) is 0 Å². The number of aromatic amines is 3. The highest BCUT2D eigenvalue weighted by molar-refractivity contribution is 8.00. The SMILES string of the molecule is CCCC[C@H]1C(=O)N(C)[C@@H](CCCC)C(=O)N[C@@H](CCCNC(=N)N)C(=O)N[C@H](C(=O)NCC(N)=O)CSCC(=O)N[C@@H](Cc2ccc(C(C)(C)C)cc2)C(=O)N(C)[C@@H](C)C(=O)N[C@@H](CC(N)=O)C(=O)N2CCC[C@H]2C(=O)N[C@@H](Cc2cnc[nH]2)C(=O)N[C@@H](CC(C)C)C(=O)N2C[C@H](O)CC2CN[C@@H](CCc2c[nH]c3ccccc23)C(=O)N[C@@H](CO)C(=O)N[C@@H](Cc2c[nH]c3ccccc23)C(=O)N1C. The van der Waals surface area contributed by atoms with Gasteiger partial charge < -0.3 is 125 Å². The van der Waals surface area contributed by atoms with Crippen molar-refractivity contribution in [3.05, 3.63) is 126 Å². The van der Waals surface area contributed by atoms with Crippen LogP contribution in [0.25, 0.3) is 21.8 Å². The minimum atomic E-state index is -1.76. The van der Waals surface area contributed by atoms with E-state index in [4.69, 9.17) is 22.6 Å². The number of amides is 16. The Morgan fingerprint density at radius 3 is 1.78 bits per heavy atom. The quantitative estimate of drug-likeness (QED) is 0.0176. The van der Waals surface area contributed by atoms with Crippen molar-refractivity contribution >= 4 is 134 Å². The molecule has 0 spiro atoms. The zero-order chi connectivity index (χ0) is 102. The van der Waals surface area contributed by atoms with Crippen LogP contribution >= 0.6 is 11.8 Å². The van der Waals surface area contributed by atoms with E-state index >= 15 is 47.9 Å². The first kappa shape index (κ1) is 110. The first-order valence-corrected chi connectivity index (χ1v) is 48.8. The van der Waals surface area contributed by atoms with Crippen LogP contribution in [0, 0.1) is 11.3 Å². The van der Waals surface area contributed by atoms with Crippen LogP contribution in [0.4, 0.5) is 0 Å². The lowest BCUT2D eigenvalue weighted by Crippen LogP contribution is -2.61. The van der Waals surface area contributed by atoms with Crippen LogP contribution in [0.1, 0.15) is 173 Å². The number of hydrogen-bond donors (Lipinski definition) is 20. The van der Waals surface area contributed by atoms with E-state index in [9.17, 15) is 39.0 Å². The fraction of sp³-hybridized carbons (Fsp3) is 0.562. The maximum absolute atomic E-state index is 15.8. The van der Waals surface area contributed by atoms with Gasteiger partial charge in [-0.25, -0.2) is 4.98 Å². The Balaban J connectivity index is 1.10. The molecule has 0 radical (unpaired) electrons. The Morgan fingerprint density at radius 2 is 1.16 bits per heavy atom. The van der Waals surface area contributed by atoms with Gasteiger partial charge in [0.15, 0.2) is 5.96 Å². The van der Waals surface area contributed by atoms with E-state index in [0.717, 1.165) is 43.6 Å². The molecule has 139 heavy (non-hydrogen) atoms. The standard InChI is InChI=1S/C96H140N24O18S/c1-12-14-27-76-88(132)109-68(26-20-36-102-95(99)100)85(129)115-75(83(127)106-48-80(98)124)51-139-52-81(125)108-71(39-56-30-33-59(34-31-56)96(6,7)8)90(134)116(9)55(5)82(126)111-73(43-79(97)123)92(136)119-37-21-29-77(119)89(133)110-69(41-60-46-101-53-107-60)86(130)112-70(38-54(3)4)93(137)120-49-62(122)42-61(120)47-105-67(35-32-57-44-103-65-24-18-16-22-63(57)65)84(128)114-74(50-121)87(131)113-72(40-58-45-104-66-25-19-17-23-64(58)66)91(135)118(11)78(28-15-13-2)94(138)117(76)10/h16-19,22-25,30-31,33-34,44-46,53-55,61-62,67-78,103-105,121-122H,12-15,20-21,26-29,32,35-43,47-52H2,1-11H3,(H2,97,123)(H2,98,124)(H,101,107)(H,106,127)(H,108,125)(H,109,132)(H,110,133)(H,111,126)(H,112,130)(H,113,131)(H,114,128)(H,115,129)(H4,99,100,102)/t55-,61?,62+,67-,68-,69-,70-,71-,72-,73-,74-,75-,76-,77-,78-/m0/s1. The zero-order valence-electron chi connectivity index (χ0n) is 81.1. The summed E-state index contributed by atoms with van der Waals surface area (Å²) in [5, 5.41) is 62.6. The molecule has 3 aromatic heterocycles. The molecule has 9 rings (SSSR count). The summed E-state index contributed by atoms with van der Waals surface area (Å²) in [7, 11) is 4.04. The van der Waals surface area contributed by atoms with Gasteiger partial charge in [0.1, 0.15) is 72.5 Å². The molecule has 6 aromatic rings. The van der Waals surface area contributed by atoms with Gasteiger partial charge in [-0.15, -0.1) is 11.8 Å². The fourth-order valence-electron chi connectivity index (χ4n) is 17.6. The molecule has 3 fully saturated rings. The van der Waals surface area contributed by atoms with Crippen molar-refractivity contribution in [1.82, 2.24) is 103 Å². The summed E-state index contributed by atoms with van der Waals surface area (Å²) < 4.78 is 0. The number of unbranched alkanes of at least 4 members (excludes halogenated alkanes) is 2. The van der Waals surface area contributed by atoms with Gasteiger partial charge in [-0.3, -0.25) is 82.1 Å². The van der Waals surface area contributed by atoms with Gasteiger partial charge in [-0.2, -0.15) is 0 Å². The van der Waals surface area contributed by atoms with E-state index in [0.29, 0.717) is 53.4 Å². The van der Waals surface area contributed by atoms with E-state index in [-0.39, 0.29) is 121 Å². The summed E-state index contributed by atoms with van der Waals surface area (Å²) in [6.07, 6.45) is 5.90. The molecule has 15 atom stereocenters. The first-order valence-electron chi connectivity index (χ1n) is 47.6. The normalized spacial score (nSPS) is 24.6. The van der Waals surface area contributed by atoms with Crippen LogP contribution in [0.15, 0.2) is 97.7 Å². The van der Waals surface area contributed by atoms with Gasteiger partial charge in [-0.05, 0) is 117 Å². The van der Waals surface area contributed by atoms with Crippen molar-refractivity contribution in [2.24, 2.45) is 23.1 Å². The minimum Gasteiger partial charge on any atom is -0.394 e. The molecular formula is C96H140N24O18S. The number of aliphatic hydroxyl groups excluding tert-OH is 2. The molecule has 3 aliphatic rings. The van der Waals surface area contributed by atoms with Gasteiger partial charge in [0.05, 0.1) is 43.8 Å². The molecule has 43 heteroatoms. The molecule has 0 saturated carbocycles. The Hall–Kier alpha value is -13.0. The summed E-state index contributed by atoms with van der Waals surface area (Å²) in [5.74, 6) is -15.5. The largest absolute Gasteiger partial charge is 0.394 e. The zero-order valence-corrected chi connectivity index (χ0v) is 81.9. The van der Waals surface area contributed by atoms with Gasteiger partial charge in [0.2, 0.25) is 94.5 Å². The number of aryl methyl sites for hydroxylation is 1. The van der Waals surface area contributed by atoms with E-state index in [1.807, 2.05) is 90.9 Å². The van der Waals surface area contributed by atoms with Crippen molar-refractivity contribution in [2.75, 3.05) is 72.0 Å². The highest BCUT2D eigenvalue weighted by atomic mass is 32.2. The monoisotopic (exact) mass is 1950 g/mol. The average molecular weight is 1950 g/mol. The molecule has 758 valence electrons. The number of nitrogens with zero attached hydrogens (tertiary/aromatic N) is 6. The summed E-state index contributed by atoms with van der Waals surface area (Å²) in [5.41, 5.74) is 21.3. The summed E-state index contributed by atoms with van der Waals surface area (Å²) in [4.78, 5) is 256. The number of primary amides is 2.